The average molecular weight is 926 g/mol. The van der Waals surface area contributed by atoms with Gasteiger partial charge in [0.2, 0.25) is 0 Å². The molecule has 0 radical (unpaired) electrons. The number of benzene rings is 10. The molecule has 5 heteroatoms. The van der Waals surface area contributed by atoms with E-state index in [1.165, 1.54) is 21.9 Å². The molecular formula is C67H51N5. The van der Waals surface area contributed by atoms with Crippen molar-refractivity contribution in [2.75, 3.05) is 9.80 Å². The SMILES string of the molecule is Cc1ccc(N(c2ccc(C)cc2)c2ccc3c(c2)c2cc(N(c4ccccc4)c4ccccc4)ccc2n3-c2ccc(-c3ccc(-c4cc(-c5ccccc5)nc(-c5ccccc5)n4)c(C)c3)cc2)cc1. The highest BCUT2D eigenvalue weighted by Crippen LogP contribution is 2.43. The van der Waals surface area contributed by atoms with Crippen molar-refractivity contribution < 1.29 is 0 Å². The van der Waals surface area contributed by atoms with Crippen LogP contribution in [0.4, 0.5) is 34.1 Å². The number of para-hydroxylation sites is 2. The largest absolute Gasteiger partial charge is 0.310 e. The Morgan fingerprint density at radius 2 is 0.750 bits per heavy atom. The van der Waals surface area contributed by atoms with Crippen LogP contribution in [0.3, 0.4) is 0 Å². The molecule has 344 valence electrons. The molecule has 0 fully saturated rings. The zero-order valence-corrected chi connectivity index (χ0v) is 40.5. The molecule has 0 unspecified atom stereocenters. The Labute approximate surface area is 421 Å². The molecule has 0 saturated heterocycles. The Morgan fingerprint density at radius 1 is 0.319 bits per heavy atom. The Bertz CT molecular complexity index is 3710. The Morgan fingerprint density at radius 3 is 1.25 bits per heavy atom. The molecule has 2 heterocycles. The molecule has 0 aliphatic heterocycles. The predicted molar refractivity (Wildman–Crippen MR) is 302 cm³/mol. The molecule has 0 aliphatic rings. The number of fused-ring (bicyclic) bond motifs is 3. The van der Waals surface area contributed by atoms with Crippen LogP contribution in [0.5, 0.6) is 0 Å². The standard InChI is InChI=1S/C67H51N5/c1-46-24-31-55(32-25-46)71(56-33-26-47(2)27-34-56)59-38-41-66-62(44-59)61-43-58(70(53-20-12-6-13-21-53)54-22-14-7-15-23-54)37-40-65(61)72(66)57-35-28-49(29-36-57)52-30-39-60(48(3)42-52)64-45-63(50-16-8-4-9-17-50)68-67(69-64)51-18-10-5-11-19-51/h4-45H,1-3H3. The van der Waals surface area contributed by atoms with Gasteiger partial charge in [0.1, 0.15) is 0 Å². The van der Waals surface area contributed by atoms with E-state index in [0.29, 0.717) is 5.82 Å². The number of hydrogen-bond acceptors (Lipinski definition) is 4. The first kappa shape index (κ1) is 43.9. The van der Waals surface area contributed by atoms with E-state index in [1.807, 2.05) is 24.3 Å². The van der Waals surface area contributed by atoms with Crippen LogP contribution in [0.25, 0.3) is 72.5 Å². The monoisotopic (exact) mass is 925 g/mol. The van der Waals surface area contributed by atoms with Crippen LogP contribution in [-0.2, 0) is 0 Å². The normalized spacial score (nSPS) is 11.3. The predicted octanol–water partition coefficient (Wildman–Crippen LogP) is 18.1. The highest BCUT2D eigenvalue weighted by atomic mass is 15.1. The molecule has 0 aliphatic carbocycles. The van der Waals surface area contributed by atoms with Gasteiger partial charge in [-0.2, -0.15) is 0 Å². The van der Waals surface area contributed by atoms with E-state index < -0.39 is 0 Å². The maximum Gasteiger partial charge on any atom is 0.160 e. The lowest BCUT2D eigenvalue weighted by Gasteiger charge is -2.26. The molecular weight excluding hydrogens is 875 g/mol. The summed E-state index contributed by atoms with van der Waals surface area (Å²) < 4.78 is 2.41. The van der Waals surface area contributed by atoms with Gasteiger partial charge in [0.15, 0.2) is 5.82 Å². The van der Waals surface area contributed by atoms with Gasteiger partial charge in [-0.15, -0.1) is 0 Å². The molecule has 2 aromatic heterocycles. The Balaban J connectivity index is 0.969. The van der Waals surface area contributed by atoms with Crippen molar-refractivity contribution in [2.24, 2.45) is 0 Å². The first-order valence-electron chi connectivity index (χ1n) is 24.6. The second-order valence-electron chi connectivity index (χ2n) is 18.5. The quantitative estimate of drug-likeness (QED) is 0.130. The lowest BCUT2D eigenvalue weighted by atomic mass is 9.97. The van der Waals surface area contributed by atoms with Crippen LogP contribution in [-0.4, -0.2) is 14.5 Å². The minimum atomic E-state index is 0.711. The number of aryl methyl sites for hydroxylation is 3. The van der Waals surface area contributed by atoms with Crippen molar-refractivity contribution in [3.05, 3.63) is 271 Å². The third-order valence-corrected chi connectivity index (χ3v) is 13.7. The third kappa shape index (κ3) is 8.48. The molecule has 0 atom stereocenters. The Kier molecular flexibility index (Phi) is 11.5. The van der Waals surface area contributed by atoms with E-state index in [2.05, 4.69) is 266 Å². The Hall–Kier alpha value is -9.32. The lowest BCUT2D eigenvalue weighted by Crippen LogP contribution is -2.10. The van der Waals surface area contributed by atoms with Gasteiger partial charge in [-0.3, -0.25) is 0 Å². The smallest absolute Gasteiger partial charge is 0.160 e. The summed E-state index contributed by atoms with van der Waals surface area (Å²) >= 11 is 0. The van der Waals surface area contributed by atoms with Crippen molar-refractivity contribution in [3.63, 3.8) is 0 Å². The first-order valence-corrected chi connectivity index (χ1v) is 24.6. The van der Waals surface area contributed by atoms with E-state index in [4.69, 9.17) is 9.97 Å². The van der Waals surface area contributed by atoms with Crippen molar-refractivity contribution >= 4 is 55.9 Å². The van der Waals surface area contributed by atoms with Gasteiger partial charge in [0.05, 0.1) is 22.4 Å². The molecule has 12 aromatic rings. The molecule has 0 spiro atoms. The molecule has 12 rings (SSSR count). The summed E-state index contributed by atoms with van der Waals surface area (Å²) in [6.07, 6.45) is 0. The van der Waals surface area contributed by atoms with Crippen LogP contribution in [0.2, 0.25) is 0 Å². The van der Waals surface area contributed by atoms with Crippen LogP contribution in [0.1, 0.15) is 16.7 Å². The topological polar surface area (TPSA) is 37.2 Å². The van der Waals surface area contributed by atoms with Crippen LogP contribution >= 0.6 is 0 Å². The van der Waals surface area contributed by atoms with E-state index >= 15 is 0 Å². The van der Waals surface area contributed by atoms with Crippen molar-refractivity contribution in [2.45, 2.75) is 20.8 Å². The van der Waals surface area contributed by atoms with Gasteiger partial charge in [-0.1, -0.05) is 163 Å². The summed E-state index contributed by atoms with van der Waals surface area (Å²) in [7, 11) is 0. The van der Waals surface area contributed by atoms with Crippen molar-refractivity contribution in [3.8, 4) is 50.7 Å². The zero-order chi connectivity index (χ0) is 48.5. The number of nitrogens with zero attached hydrogens (tertiary/aromatic N) is 5. The summed E-state index contributed by atoms with van der Waals surface area (Å²) in [5.41, 5.74) is 20.8. The zero-order valence-electron chi connectivity index (χ0n) is 40.5. The maximum atomic E-state index is 5.13. The fraction of sp³-hybridized carbons (Fsp3) is 0.0448. The fourth-order valence-electron chi connectivity index (χ4n) is 9.98. The number of anilines is 6. The molecule has 0 bridgehead atoms. The summed E-state index contributed by atoms with van der Waals surface area (Å²) in [6, 6.07) is 91.1. The van der Waals surface area contributed by atoms with Crippen LogP contribution in [0.15, 0.2) is 255 Å². The summed E-state index contributed by atoms with van der Waals surface area (Å²) in [5, 5.41) is 2.33. The van der Waals surface area contributed by atoms with Gasteiger partial charge >= 0.3 is 0 Å². The van der Waals surface area contributed by atoms with Crippen LogP contribution < -0.4 is 9.80 Å². The summed E-state index contributed by atoms with van der Waals surface area (Å²) in [6.45, 7) is 6.45. The number of aromatic nitrogens is 3. The third-order valence-electron chi connectivity index (χ3n) is 13.7. The highest BCUT2D eigenvalue weighted by Gasteiger charge is 2.21. The lowest BCUT2D eigenvalue weighted by molar-refractivity contribution is 1.18. The van der Waals surface area contributed by atoms with Gasteiger partial charge in [-0.25, -0.2) is 9.97 Å². The van der Waals surface area contributed by atoms with Crippen molar-refractivity contribution in [1.82, 2.24) is 14.5 Å². The van der Waals surface area contributed by atoms with Gasteiger partial charge in [0, 0.05) is 67.3 Å². The van der Waals surface area contributed by atoms with E-state index in [1.54, 1.807) is 0 Å². The van der Waals surface area contributed by atoms with Gasteiger partial charge < -0.3 is 14.4 Å². The van der Waals surface area contributed by atoms with Crippen molar-refractivity contribution in [1.29, 1.82) is 0 Å². The van der Waals surface area contributed by atoms with E-state index in [0.717, 1.165) is 95.6 Å². The first-order chi connectivity index (χ1) is 35.4. The molecule has 5 nitrogen and oxygen atoms in total. The maximum absolute atomic E-state index is 5.13. The minimum absolute atomic E-state index is 0.711. The van der Waals surface area contributed by atoms with Gasteiger partial charge in [0.25, 0.3) is 0 Å². The summed E-state index contributed by atoms with van der Waals surface area (Å²) in [4.78, 5) is 14.9. The minimum Gasteiger partial charge on any atom is -0.310 e. The van der Waals surface area contributed by atoms with E-state index in [9.17, 15) is 0 Å². The van der Waals surface area contributed by atoms with Crippen LogP contribution in [0, 0.1) is 20.8 Å². The number of rotatable bonds is 11. The molecule has 0 amide bonds. The van der Waals surface area contributed by atoms with E-state index in [-0.39, 0.29) is 0 Å². The fourth-order valence-corrected chi connectivity index (χ4v) is 9.98. The molecule has 0 saturated carbocycles. The van der Waals surface area contributed by atoms with Gasteiger partial charge in [-0.05, 0) is 141 Å². The molecule has 10 aromatic carbocycles. The second-order valence-corrected chi connectivity index (χ2v) is 18.5. The highest BCUT2D eigenvalue weighted by molar-refractivity contribution is 6.12. The molecule has 0 N–H and O–H groups in total. The molecule has 72 heavy (non-hydrogen) atoms. The number of hydrogen-bond donors (Lipinski definition) is 0. The second kappa shape index (κ2) is 18.9. The average Bonchev–Trinajstić information content (AvgIpc) is 3.76. The summed E-state index contributed by atoms with van der Waals surface area (Å²) in [5.74, 6) is 0.711.